The number of benzene rings is 6. The van der Waals surface area contributed by atoms with E-state index in [2.05, 4.69) is 143 Å². The number of imidazole rings is 2. The zero-order valence-corrected chi connectivity index (χ0v) is 25.3. The molecule has 0 saturated heterocycles. The van der Waals surface area contributed by atoms with Crippen LogP contribution >= 0.6 is 0 Å². The Kier molecular flexibility index (Phi) is 6.03. The Labute approximate surface area is 266 Å². The minimum atomic E-state index is 0.847. The molecule has 0 spiro atoms. The van der Waals surface area contributed by atoms with E-state index in [4.69, 9.17) is 15.0 Å². The third-order valence-electron chi connectivity index (χ3n) is 8.92. The summed E-state index contributed by atoms with van der Waals surface area (Å²) >= 11 is 0. The van der Waals surface area contributed by atoms with Crippen LogP contribution in [0.15, 0.2) is 146 Å². The van der Waals surface area contributed by atoms with Gasteiger partial charge in [0.15, 0.2) is 0 Å². The van der Waals surface area contributed by atoms with Crippen molar-refractivity contribution in [3.8, 4) is 39.7 Å². The predicted molar refractivity (Wildman–Crippen MR) is 189 cm³/mol. The van der Waals surface area contributed by atoms with Crippen LogP contribution in [0.1, 0.15) is 6.92 Å². The molecular formula is C41H29N5. The minimum absolute atomic E-state index is 0.847. The van der Waals surface area contributed by atoms with E-state index in [9.17, 15) is 0 Å². The summed E-state index contributed by atoms with van der Waals surface area (Å²) in [5.41, 5.74) is 10.3. The van der Waals surface area contributed by atoms with E-state index in [1.165, 1.54) is 0 Å². The minimum Gasteiger partial charge on any atom is -0.324 e. The van der Waals surface area contributed by atoms with Gasteiger partial charge in [0.1, 0.15) is 11.6 Å². The summed E-state index contributed by atoms with van der Waals surface area (Å²) in [7, 11) is 0. The average Bonchev–Trinajstić information content (AvgIpc) is 3.71. The Morgan fingerprint density at radius 2 is 1.13 bits per heavy atom. The Morgan fingerprint density at radius 1 is 0.478 bits per heavy atom. The van der Waals surface area contributed by atoms with E-state index in [1.54, 1.807) is 0 Å². The van der Waals surface area contributed by atoms with Gasteiger partial charge in [0.25, 0.3) is 0 Å². The van der Waals surface area contributed by atoms with Crippen LogP contribution in [0.5, 0.6) is 0 Å². The topological polar surface area (TPSA) is 48.5 Å². The SMILES string of the molecule is CCn1c(-c2ccc(-c3nc4ccccc4c4ccc5c(nc(-c6ccccc6)n5-c5ccccc5)c34)cc2)nc2ccccc21. The quantitative estimate of drug-likeness (QED) is 0.187. The fourth-order valence-electron chi connectivity index (χ4n) is 6.80. The van der Waals surface area contributed by atoms with Crippen LogP contribution in [-0.4, -0.2) is 24.1 Å². The lowest BCUT2D eigenvalue weighted by Gasteiger charge is -2.13. The van der Waals surface area contributed by atoms with E-state index in [0.717, 1.165) is 90.0 Å². The lowest BCUT2D eigenvalue weighted by Crippen LogP contribution is -1.97. The molecule has 46 heavy (non-hydrogen) atoms. The number of aryl methyl sites for hydroxylation is 1. The molecule has 0 radical (unpaired) electrons. The molecule has 0 aliphatic rings. The van der Waals surface area contributed by atoms with Crippen molar-refractivity contribution in [1.29, 1.82) is 0 Å². The normalized spacial score (nSPS) is 11.7. The van der Waals surface area contributed by atoms with Crippen molar-refractivity contribution in [2.75, 3.05) is 0 Å². The van der Waals surface area contributed by atoms with Crippen molar-refractivity contribution in [3.63, 3.8) is 0 Å². The first-order valence-corrected chi connectivity index (χ1v) is 15.7. The standard InChI is InChI=1S/C41H29N5/c1-2-45-35-20-12-11-19-34(35)43-40(45)29-23-21-27(22-24-29)38-37-32(31-17-9-10-18-33(31)42-38)25-26-36-39(37)44-41(28-13-5-3-6-14-28)46(36)30-15-7-4-8-16-30/h3-26H,2H2,1H3. The summed E-state index contributed by atoms with van der Waals surface area (Å²) in [6.45, 7) is 3.01. The number of para-hydroxylation sites is 4. The van der Waals surface area contributed by atoms with Crippen LogP contribution in [-0.2, 0) is 6.54 Å². The van der Waals surface area contributed by atoms with E-state index in [-0.39, 0.29) is 0 Å². The highest BCUT2D eigenvalue weighted by atomic mass is 15.1. The van der Waals surface area contributed by atoms with Gasteiger partial charge in [-0.1, -0.05) is 109 Å². The molecule has 3 aromatic heterocycles. The fourth-order valence-corrected chi connectivity index (χ4v) is 6.80. The van der Waals surface area contributed by atoms with Crippen molar-refractivity contribution >= 4 is 43.7 Å². The summed E-state index contributed by atoms with van der Waals surface area (Å²) in [4.78, 5) is 15.7. The van der Waals surface area contributed by atoms with Crippen LogP contribution in [0.2, 0.25) is 0 Å². The van der Waals surface area contributed by atoms with Gasteiger partial charge in [0.2, 0.25) is 0 Å². The number of hydrogen-bond acceptors (Lipinski definition) is 3. The van der Waals surface area contributed by atoms with Gasteiger partial charge in [-0.15, -0.1) is 0 Å². The molecule has 0 unspecified atom stereocenters. The largest absolute Gasteiger partial charge is 0.324 e. The molecule has 218 valence electrons. The molecule has 9 rings (SSSR count). The summed E-state index contributed by atoms with van der Waals surface area (Å²) in [6.07, 6.45) is 0. The molecule has 0 atom stereocenters. The number of aromatic nitrogens is 5. The first-order chi connectivity index (χ1) is 22.8. The van der Waals surface area contributed by atoms with Gasteiger partial charge in [0, 0.05) is 39.7 Å². The molecule has 0 fully saturated rings. The summed E-state index contributed by atoms with van der Waals surface area (Å²) in [6, 6.07) is 50.8. The maximum absolute atomic E-state index is 5.40. The van der Waals surface area contributed by atoms with E-state index >= 15 is 0 Å². The molecule has 0 aliphatic heterocycles. The summed E-state index contributed by atoms with van der Waals surface area (Å²) in [5.74, 6) is 1.88. The molecule has 5 nitrogen and oxygen atoms in total. The third kappa shape index (κ3) is 4.06. The van der Waals surface area contributed by atoms with Gasteiger partial charge >= 0.3 is 0 Å². The van der Waals surface area contributed by atoms with E-state index in [0.29, 0.717) is 0 Å². The molecule has 0 amide bonds. The number of fused-ring (bicyclic) bond motifs is 6. The molecule has 9 aromatic rings. The highest BCUT2D eigenvalue weighted by molar-refractivity contribution is 6.20. The Morgan fingerprint density at radius 3 is 1.91 bits per heavy atom. The first-order valence-electron chi connectivity index (χ1n) is 15.7. The highest BCUT2D eigenvalue weighted by Gasteiger charge is 2.21. The van der Waals surface area contributed by atoms with Crippen molar-refractivity contribution < 1.29 is 0 Å². The van der Waals surface area contributed by atoms with Crippen LogP contribution in [0.3, 0.4) is 0 Å². The van der Waals surface area contributed by atoms with Gasteiger partial charge in [0.05, 0.1) is 33.3 Å². The van der Waals surface area contributed by atoms with Gasteiger partial charge in [-0.25, -0.2) is 15.0 Å². The average molecular weight is 592 g/mol. The van der Waals surface area contributed by atoms with E-state index < -0.39 is 0 Å². The molecule has 3 heterocycles. The maximum Gasteiger partial charge on any atom is 0.145 e. The lowest BCUT2D eigenvalue weighted by molar-refractivity contribution is 0.796. The van der Waals surface area contributed by atoms with Crippen molar-refractivity contribution in [1.82, 2.24) is 24.1 Å². The van der Waals surface area contributed by atoms with Crippen molar-refractivity contribution in [2.24, 2.45) is 0 Å². The zero-order valence-electron chi connectivity index (χ0n) is 25.3. The van der Waals surface area contributed by atoms with Crippen LogP contribution in [0, 0.1) is 0 Å². The highest BCUT2D eigenvalue weighted by Crippen LogP contribution is 2.40. The second-order valence-electron chi connectivity index (χ2n) is 11.6. The molecule has 0 bridgehead atoms. The van der Waals surface area contributed by atoms with Gasteiger partial charge < -0.3 is 4.57 Å². The van der Waals surface area contributed by atoms with Crippen LogP contribution in [0.25, 0.3) is 83.5 Å². The Hall–Kier alpha value is -6.07. The Bertz CT molecular complexity index is 2540. The molecule has 0 saturated carbocycles. The summed E-state index contributed by atoms with van der Waals surface area (Å²) < 4.78 is 4.54. The second-order valence-corrected chi connectivity index (χ2v) is 11.6. The number of rotatable bonds is 5. The zero-order chi connectivity index (χ0) is 30.6. The van der Waals surface area contributed by atoms with Crippen molar-refractivity contribution in [2.45, 2.75) is 13.5 Å². The van der Waals surface area contributed by atoms with Crippen LogP contribution < -0.4 is 0 Å². The second kappa shape index (κ2) is 10.5. The maximum atomic E-state index is 5.40. The predicted octanol–water partition coefficient (Wildman–Crippen LogP) is 10.1. The molecule has 6 aromatic carbocycles. The van der Waals surface area contributed by atoms with Gasteiger partial charge in [-0.3, -0.25) is 4.57 Å². The molecular weight excluding hydrogens is 562 g/mol. The van der Waals surface area contributed by atoms with Gasteiger partial charge in [-0.05, 0) is 48.7 Å². The number of hydrogen-bond donors (Lipinski definition) is 0. The van der Waals surface area contributed by atoms with Crippen LogP contribution in [0.4, 0.5) is 0 Å². The van der Waals surface area contributed by atoms with E-state index in [1.807, 2.05) is 18.2 Å². The lowest BCUT2D eigenvalue weighted by atomic mass is 9.98. The molecule has 0 N–H and O–H groups in total. The molecule has 0 aliphatic carbocycles. The van der Waals surface area contributed by atoms with Crippen molar-refractivity contribution in [3.05, 3.63) is 146 Å². The number of pyridine rings is 1. The fraction of sp³-hybridized carbons (Fsp3) is 0.0488. The summed E-state index contributed by atoms with van der Waals surface area (Å²) in [5, 5.41) is 3.31. The monoisotopic (exact) mass is 591 g/mol. The molecule has 5 heteroatoms. The number of nitrogens with zero attached hydrogens (tertiary/aromatic N) is 5. The first kappa shape index (κ1) is 26.3. The smallest absolute Gasteiger partial charge is 0.145 e. The third-order valence-corrected chi connectivity index (χ3v) is 8.92. The van der Waals surface area contributed by atoms with Gasteiger partial charge in [-0.2, -0.15) is 0 Å². The Balaban J connectivity index is 1.32.